The number of nitrogens with zero attached hydrogens (tertiary/aromatic N) is 3. The molecular weight excluding hydrogens is 256 g/mol. The zero-order valence-corrected chi connectivity index (χ0v) is 12.6. The van der Waals surface area contributed by atoms with E-state index in [4.69, 9.17) is 0 Å². The molecule has 1 aromatic heterocycles. The highest BCUT2D eigenvalue weighted by Crippen LogP contribution is 2.32. The quantitative estimate of drug-likeness (QED) is 0.661. The molecule has 1 aliphatic rings. The van der Waals surface area contributed by atoms with Gasteiger partial charge in [-0.3, -0.25) is 10.1 Å². The highest BCUT2D eigenvalue weighted by atomic mass is 16.6. The Labute approximate surface area is 119 Å². The van der Waals surface area contributed by atoms with E-state index in [1.165, 1.54) is 12.8 Å². The van der Waals surface area contributed by atoms with Crippen LogP contribution in [0.2, 0.25) is 0 Å². The van der Waals surface area contributed by atoms with E-state index in [2.05, 4.69) is 24.3 Å². The van der Waals surface area contributed by atoms with Crippen molar-refractivity contribution in [3.05, 3.63) is 15.8 Å². The lowest BCUT2D eigenvalue weighted by Gasteiger charge is -2.28. The van der Waals surface area contributed by atoms with E-state index in [1.54, 1.807) is 11.6 Å². The van der Waals surface area contributed by atoms with Gasteiger partial charge in [0.2, 0.25) is 5.82 Å². The average molecular weight is 280 g/mol. The number of aromatic nitrogens is 2. The van der Waals surface area contributed by atoms with Gasteiger partial charge in [-0.1, -0.05) is 26.7 Å². The fraction of sp³-hybridized carbons (Fsp3) is 0.786. The van der Waals surface area contributed by atoms with Crippen LogP contribution < -0.4 is 5.32 Å². The van der Waals surface area contributed by atoms with Crippen LogP contribution in [-0.4, -0.2) is 20.7 Å². The molecule has 1 heterocycles. The number of hydrogen-bond acceptors (Lipinski definition) is 4. The molecule has 20 heavy (non-hydrogen) atoms. The lowest BCUT2D eigenvalue weighted by atomic mass is 9.87. The summed E-state index contributed by atoms with van der Waals surface area (Å²) in [5.41, 5.74) is 0.631. The molecule has 0 amide bonds. The minimum absolute atomic E-state index is 0.136. The second-order valence-corrected chi connectivity index (χ2v) is 5.88. The molecule has 1 aromatic rings. The third-order valence-electron chi connectivity index (χ3n) is 3.99. The van der Waals surface area contributed by atoms with Crippen LogP contribution in [-0.2, 0) is 6.54 Å². The SMILES string of the molecule is CCCn1nc(C)c([N+](=O)[O-])c1NC1CCCC(C)C1. The maximum atomic E-state index is 11.3. The Morgan fingerprint density at radius 2 is 2.25 bits per heavy atom. The van der Waals surface area contributed by atoms with E-state index >= 15 is 0 Å². The molecule has 0 aromatic carbocycles. The fourth-order valence-electron chi connectivity index (χ4n) is 3.07. The minimum Gasteiger partial charge on any atom is -0.362 e. The number of nitro groups is 1. The zero-order chi connectivity index (χ0) is 14.7. The summed E-state index contributed by atoms with van der Waals surface area (Å²) in [6, 6.07) is 0.323. The van der Waals surface area contributed by atoms with E-state index < -0.39 is 0 Å². The molecule has 2 unspecified atom stereocenters. The molecule has 0 aliphatic heterocycles. The lowest BCUT2D eigenvalue weighted by Crippen LogP contribution is -2.27. The standard InChI is InChI=1S/C14H24N4O2/c1-4-8-17-14(13(18(19)20)11(3)16-17)15-12-7-5-6-10(2)9-12/h10,12,15H,4-9H2,1-3H3. The van der Waals surface area contributed by atoms with Crippen molar-refractivity contribution in [2.75, 3.05) is 5.32 Å². The lowest BCUT2D eigenvalue weighted by molar-refractivity contribution is -0.384. The first-order chi connectivity index (χ1) is 9.52. The molecule has 1 aliphatic carbocycles. The maximum Gasteiger partial charge on any atom is 0.333 e. The van der Waals surface area contributed by atoms with E-state index in [0.717, 1.165) is 19.3 Å². The van der Waals surface area contributed by atoms with Gasteiger partial charge in [-0.25, -0.2) is 4.68 Å². The fourth-order valence-corrected chi connectivity index (χ4v) is 3.07. The monoisotopic (exact) mass is 280 g/mol. The molecule has 1 N–H and O–H groups in total. The Morgan fingerprint density at radius 1 is 1.50 bits per heavy atom. The van der Waals surface area contributed by atoms with Crippen LogP contribution in [0.5, 0.6) is 0 Å². The largest absolute Gasteiger partial charge is 0.362 e. The Balaban J connectivity index is 2.25. The van der Waals surface area contributed by atoms with Gasteiger partial charge in [-0.05, 0) is 32.1 Å². The first-order valence-corrected chi connectivity index (χ1v) is 7.51. The summed E-state index contributed by atoms with van der Waals surface area (Å²) >= 11 is 0. The van der Waals surface area contributed by atoms with E-state index in [9.17, 15) is 10.1 Å². The highest BCUT2D eigenvalue weighted by Gasteiger charge is 2.28. The van der Waals surface area contributed by atoms with Gasteiger partial charge in [0.15, 0.2) is 0 Å². The Hall–Kier alpha value is -1.59. The van der Waals surface area contributed by atoms with Crippen LogP contribution in [0.3, 0.4) is 0 Å². The van der Waals surface area contributed by atoms with Gasteiger partial charge < -0.3 is 5.32 Å². The molecule has 2 rings (SSSR count). The van der Waals surface area contributed by atoms with Crippen LogP contribution in [0.15, 0.2) is 0 Å². The Bertz CT molecular complexity index is 484. The first kappa shape index (κ1) is 14.8. The number of rotatable bonds is 5. The van der Waals surface area contributed by atoms with Crippen molar-refractivity contribution in [3.8, 4) is 0 Å². The van der Waals surface area contributed by atoms with Crippen molar-refractivity contribution < 1.29 is 4.92 Å². The summed E-state index contributed by atoms with van der Waals surface area (Å²) in [7, 11) is 0. The summed E-state index contributed by atoms with van der Waals surface area (Å²) < 4.78 is 1.76. The smallest absolute Gasteiger partial charge is 0.333 e. The number of hydrogen-bond donors (Lipinski definition) is 1. The normalized spacial score (nSPS) is 22.8. The van der Waals surface area contributed by atoms with Crippen molar-refractivity contribution in [1.82, 2.24) is 9.78 Å². The molecule has 112 valence electrons. The Morgan fingerprint density at radius 3 is 2.85 bits per heavy atom. The van der Waals surface area contributed by atoms with Gasteiger partial charge in [-0.15, -0.1) is 0 Å². The van der Waals surface area contributed by atoms with E-state index in [-0.39, 0.29) is 10.6 Å². The molecule has 6 heteroatoms. The highest BCUT2D eigenvalue weighted by molar-refractivity contribution is 5.60. The van der Waals surface area contributed by atoms with Crippen molar-refractivity contribution in [2.45, 2.75) is 65.5 Å². The second-order valence-electron chi connectivity index (χ2n) is 5.88. The van der Waals surface area contributed by atoms with Gasteiger partial charge in [0.1, 0.15) is 5.69 Å². The van der Waals surface area contributed by atoms with Crippen molar-refractivity contribution in [2.24, 2.45) is 5.92 Å². The van der Waals surface area contributed by atoms with Crippen LogP contribution in [0.25, 0.3) is 0 Å². The van der Waals surface area contributed by atoms with Crippen molar-refractivity contribution in [3.63, 3.8) is 0 Å². The second kappa shape index (κ2) is 6.24. The van der Waals surface area contributed by atoms with Gasteiger partial charge in [0.25, 0.3) is 0 Å². The third-order valence-corrected chi connectivity index (χ3v) is 3.99. The summed E-state index contributed by atoms with van der Waals surface area (Å²) in [5, 5.41) is 19.0. The number of nitrogens with one attached hydrogen (secondary N) is 1. The molecular formula is C14H24N4O2. The van der Waals surface area contributed by atoms with Gasteiger partial charge in [-0.2, -0.15) is 5.10 Å². The van der Waals surface area contributed by atoms with Crippen LogP contribution >= 0.6 is 0 Å². The molecule has 0 radical (unpaired) electrons. The van der Waals surface area contributed by atoms with Crippen molar-refractivity contribution in [1.29, 1.82) is 0 Å². The predicted octanol–water partition coefficient (Wildman–Crippen LogP) is 3.50. The van der Waals surface area contributed by atoms with Gasteiger partial charge in [0.05, 0.1) is 4.92 Å². The molecule has 6 nitrogen and oxygen atoms in total. The van der Waals surface area contributed by atoms with Crippen LogP contribution in [0.1, 0.15) is 51.6 Å². The molecule has 1 fully saturated rings. The molecule has 0 spiro atoms. The third kappa shape index (κ3) is 3.11. The van der Waals surface area contributed by atoms with E-state index in [0.29, 0.717) is 30.0 Å². The molecule has 2 atom stereocenters. The minimum atomic E-state index is -0.316. The summed E-state index contributed by atoms with van der Waals surface area (Å²) in [6.45, 7) is 6.71. The van der Waals surface area contributed by atoms with Crippen molar-refractivity contribution >= 4 is 11.5 Å². The predicted molar refractivity (Wildman–Crippen MR) is 79.0 cm³/mol. The summed E-state index contributed by atoms with van der Waals surface area (Å²) in [5.74, 6) is 1.28. The van der Waals surface area contributed by atoms with Crippen LogP contribution in [0.4, 0.5) is 11.5 Å². The molecule has 0 saturated heterocycles. The van der Waals surface area contributed by atoms with Gasteiger partial charge in [0, 0.05) is 12.6 Å². The summed E-state index contributed by atoms with van der Waals surface area (Å²) in [4.78, 5) is 11.0. The molecule has 0 bridgehead atoms. The van der Waals surface area contributed by atoms with E-state index in [1.807, 2.05) is 0 Å². The number of anilines is 1. The summed E-state index contributed by atoms with van der Waals surface area (Å²) in [6.07, 6.45) is 5.51. The topological polar surface area (TPSA) is 73.0 Å². The zero-order valence-electron chi connectivity index (χ0n) is 12.6. The maximum absolute atomic E-state index is 11.3. The van der Waals surface area contributed by atoms with Crippen LogP contribution in [0, 0.1) is 23.0 Å². The number of aryl methyl sites for hydroxylation is 2. The van der Waals surface area contributed by atoms with Gasteiger partial charge >= 0.3 is 5.69 Å². The Kier molecular flexibility index (Phi) is 4.62. The first-order valence-electron chi connectivity index (χ1n) is 7.51. The molecule has 1 saturated carbocycles. The average Bonchev–Trinajstić information content (AvgIpc) is 2.66.